The van der Waals surface area contributed by atoms with Crippen molar-refractivity contribution >= 4 is 5.71 Å². The van der Waals surface area contributed by atoms with Crippen LogP contribution in [0.3, 0.4) is 0 Å². The lowest BCUT2D eigenvalue weighted by Crippen LogP contribution is -2.17. The van der Waals surface area contributed by atoms with Crippen LogP contribution in [0.5, 0.6) is 0 Å². The Kier molecular flexibility index (Phi) is 3.11. The second-order valence-corrected chi connectivity index (χ2v) is 2.68. The summed E-state index contributed by atoms with van der Waals surface area (Å²) in [4.78, 5) is 4.40. The number of aliphatic imine (C=N–C) groups is 1. The Bertz CT molecular complexity index is 182. The van der Waals surface area contributed by atoms with E-state index in [2.05, 4.69) is 10.3 Å². The van der Waals surface area contributed by atoms with E-state index in [0.717, 1.165) is 37.3 Å². The predicted octanol–water partition coefficient (Wildman–Crippen LogP) is 0.283. The average molecular weight is 153 g/mol. The fourth-order valence-electron chi connectivity index (χ4n) is 1.10. The molecule has 62 valence electrons. The molecule has 1 aliphatic rings. The van der Waals surface area contributed by atoms with Crippen molar-refractivity contribution in [1.29, 1.82) is 0 Å². The molecule has 1 rings (SSSR count). The zero-order chi connectivity index (χ0) is 8.10. The molecule has 1 heterocycles. The van der Waals surface area contributed by atoms with Crippen molar-refractivity contribution in [2.75, 3.05) is 19.6 Å². The zero-order valence-corrected chi connectivity index (χ0v) is 6.93. The summed E-state index contributed by atoms with van der Waals surface area (Å²) in [7, 11) is 0. The van der Waals surface area contributed by atoms with Gasteiger partial charge in [0.1, 0.15) is 0 Å². The van der Waals surface area contributed by atoms with Crippen LogP contribution in [0.15, 0.2) is 16.8 Å². The molecule has 0 aromatic rings. The third kappa shape index (κ3) is 2.35. The Balaban J connectivity index is 2.60. The molecule has 0 amide bonds. The fourth-order valence-corrected chi connectivity index (χ4v) is 1.10. The molecule has 3 N–H and O–H groups in total. The van der Waals surface area contributed by atoms with Crippen LogP contribution in [0, 0.1) is 0 Å². The molecule has 0 spiro atoms. The highest BCUT2D eigenvalue weighted by Gasteiger charge is 2.03. The summed E-state index contributed by atoms with van der Waals surface area (Å²) in [5.74, 6) is 0. The van der Waals surface area contributed by atoms with Gasteiger partial charge in [0.15, 0.2) is 0 Å². The second-order valence-electron chi connectivity index (χ2n) is 2.68. The first-order valence-electron chi connectivity index (χ1n) is 3.97. The van der Waals surface area contributed by atoms with E-state index in [-0.39, 0.29) is 0 Å². The van der Waals surface area contributed by atoms with Gasteiger partial charge in [0, 0.05) is 25.2 Å². The normalized spacial score (nSPS) is 20.8. The van der Waals surface area contributed by atoms with Crippen LogP contribution in [0.2, 0.25) is 0 Å². The topological polar surface area (TPSA) is 50.4 Å². The van der Waals surface area contributed by atoms with Crippen molar-refractivity contribution < 1.29 is 0 Å². The Morgan fingerprint density at radius 1 is 1.64 bits per heavy atom. The van der Waals surface area contributed by atoms with Crippen LogP contribution in [0.4, 0.5) is 0 Å². The van der Waals surface area contributed by atoms with Crippen molar-refractivity contribution in [3.05, 3.63) is 11.8 Å². The minimum atomic E-state index is 0.876. The van der Waals surface area contributed by atoms with Crippen molar-refractivity contribution in [2.24, 2.45) is 10.7 Å². The molecular weight excluding hydrogens is 138 g/mol. The lowest BCUT2D eigenvalue weighted by Gasteiger charge is -2.01. The summed E-state index contributed by atoms with van der Waals surface area (Å²) >= 11 is 0. The fraction of sp³-hybridized carbons (Fsp3) is 0.625. The van der Waals surface area contributed by atoms with E-state index in [4.69, 9.17) is 5.73 Å². The molecule has 0 aliphatic carbocycles. The maximum atomic E-state index is 5.39. The first kappa shape index (κ1) is 8.27. The van der Waals surface area contributed by atoms with Crippen LogP contribution in [0.1, 0.15) is 13.3 Å². The highest BCUT2D eigenvalue weighted by molar-refractivity contribution is 5.99. The molecule has 11 heavy (non-hydrogen) atoms. The van der Waals surface area contributed by atoms with Gasteiger partial charge < -0.3 is 11.1 Å². The van der Waals surface area contributed by atoms with Crippen LogP contribution >= 0.6 is 0 Å². The van der Waals surface area contributed by atoms with Crippen LogP contribution in [-0.4, -0.2) is 25.3 Å². The van der Waals surface area contributed by atoms with Crippen LogP contribution in [-0.2, 0) is 0 Å². The van der Waals surface area contributed by atoms with Gasteiger partial charge in [-0.1, -0.05) is 0 Å². The summed E-state index contributed by atoms with van der Waals surface area (Å²) in [5, 5.41) is 3.27. The molecule has 0 unspecified atom stereocenters. The van der Waals surface area contributed by atoms with Crippen molar-refractivity contribution in [2.45, 2.75) is 13.3 Å². The largest absolute Gasteiger partial charge is 0.404 e. The lowest BCUT2D eigenvalue weighted by atomic mass is 10.1. The number of hydrogen-bond donors (Lipinski definition) is 2. The quantitative estimate of drug-likeness (QED) is 0.568. The average Bonchev–Trinajstić information content (AvgIpc) is 2.30. The number of allylic oxidation sites excluding steroid dienone is 1. The summed E-state index contributed by atoms with van der Waals surface area (Å²) in [6.45, 7) is 4.88. The third-order valence-corrected chi connectivity index (χ3v) is 1.84. The van der Waals surface area contributed by atoms with E-state index in [1.165, 1.54) is 0 Å². The van der Waals surface area contributed by atoms with Crippen LogP contribution < -0.4 is 11.1 Å². The van der Waals surface area contributed by atoms with E-state index in [0.29, 0.717) is 0 Å². The van der Waals surface area contributed by atoms with E-state index >= 15 is 0 Å². The van der Waals surface area contributed by atoms with E-state index in [1.54, 1.807) is 6.20 Å². The highest BCUT2D eigenvalue weighted by Crippen LogP contribution is 2.01. The molecule has 0 radical (unpaired) electrons. The van der Waals surface area contributed by atoms with E-state index < -0.39 is 0 Å². The molecule has 0 fully saturated rings. The molecule has 3 nitrogen and oxygen atoms in total. The second kappa shape index (κ2) is 4.13. The molecule has 0 bridgehead atoms. The zero-order valence-electron chi connectivity index (χ0n) is 6.93. The molecule has 0 saturated carbocycles. The van der Waals surface area contributed by atoms with E-state index in [9.17, 15) is 0 Å². The van der Waals surface area contributed by atoms with Gasteiger partial charge in [-0.3, -0.25) is 4.99 Å². The minimum absolute atomic E-state index is 0.876. The summed E-state index contributed by atoms with van der Waals surface area (Å²) in [6.07, 6.45) is 2.63. The molecular formula is C8H15N3. The highest BCUT2D eigenvalue weighted by atomic mass is 14.9. The van der Waals surface area contributed by atoms with Gasteiger partial charge in [-0.05, 0) is 18.7 Å². The van der Waals surface area contributed by atoms with Gasteiger partial charge >= 0.3 is 0 Å². The first-order chi connectivity index (χ1) is 5.34. The predicted molar refractivity (Wildman–Crippen MR) is 47.7 cm³/mol. The number of nitrogens with two attached hydrogens (primary N) is 1. The van der Waals surface area contributed by atoms with Gasteiger partial charge in [-0.15, -0.1) is 0 Å². The van der Waals surface area contributed by atoms with Gasteiger partial charge in [-0.25, -0.2) is 0 Å². The smallest absolute Gasteiger partial charge is 0.0517 e. The molecule has 0 aromatic heterocycles. The molecule has 3 heteroatoms. The Labute approximate surface area is 67.4 Å². The number of nitrogens with one attached hydrogen (secondary N) is 1. The third-order valence-electron chi connectivity index (χ3n) is 1.84. The molecule has 0 aromatic carbocycles. The van der Waals surface area contributed by atoms with Crippen LogP contribution in [0.25, 0.3) is 0 Å². The first-order valence-corrected chi connectivity index (χ1v) is 3.97. The summed E-state index contributed by atoms with van der Waals surface area (Å²) in [6, 6.07) is 0. The monoisotopic (exact) mass is 153 g/mol. The maximum absolute atomic E-state index is 5.39. The minimum Gasteiger partial charge on any atom is -0.404 e. The van der Waals surface area contributed by atoms with Crippen molar-refractivity contribution in [3.63, 3.8) is 0 Å². The number of nitrogens with zero attached hydrogens (tertiary/aromatic N) is 1. The SMILES string of the molecule is C/C(=C/N)C1=NCCNCC1. The summed E-state index contributed by atoms with van der Waals surface area (Å²) < 4.78 is 0. The van der Waals surface area contributed by atoms with Gasteiger partial charge in [0.25, 0.3) is 0 Å². The Hall–Kier alpha value is -0.830. The number of hydrogen-bond acceptors (Lipinski definition) is 3. The van der Waals surface area contributed by atoms with Gasteiger partial charge in [0.2, 0.25) is 0 Å². The lowest BCUT2D eigenvalue weighted by molar-refractivity contribution is 0.728. The van der Waals surface area contributed by atoms with Gasteiger partial charge in [-0.2, -0.15) is 0 Å². The van der Waals surface area contributed by atoms with Gasteiger partial charge in [0.05, 0.1) is 6.54 Å². The Morgan fingerprint density at radius 3 is 3.18 bits per heavy atom. The molecule has 1 aliphatic heterocycles. The maximum Gasteiger partial charge on any atom is 0.0517 e. The summed E-state index contributed by atoms with van der Waals surface area (Å²) in [5.41, 5.74) is 7.65. The Morgan fingerprint density at radius 2 is 2.45 bits per heavy atom. The van der Waals surface area contributed by atoms with E-state index in [1.807, 2.05) is 6.92 Å². The van der Waals surface area contributed by atoms with Crippen molar-refractivity contribution in [1.82, 2.24) is 5.32 Å². The van der Waals surface area contributed by atoms with Crippen molar-refractivity contribution in [3.8, 4) is 0 Å². The molecule has 0 saturated heterocycles. The standard InChI is InChI=1S/C8H15N3/c1-7(6-9)8-2-3-10-4-5-11-8/h6,10H,2-5,9H2,1H3/b7-6-. The number of rotatable bonds is 1. The molecule has 0 atom stereocenters.